The molecule has 0 atom stereocenters. The standard InChI is InChI=1S/C16H16ClN5O/c1-11-14(12-2-3-18-13(17)10-12)22-5-4-19-15(16(22)20-11)21-6-8-23-9-7-21/h2-5,10H,6-9H2,1H3. The van der Waals surface area contributed by atoms with Crippen LogP contribution in [0.25, 0.3) is 16.9 Å². The van der Waals surface area contributed by atoms with Crippen molar-refractivity contribution in [3.8, 4) is 11.3 Å². The van der Waals surface area contributed by atoms with Gasteiger partial charge in [-0.15, -0.1) is 0 Å². The third-order valence-electron chi connectivity index (χ3n) is 4.01. The van der Waals surface area contributed by atoms with E-state index in [2.05, 4.69) is 19.3 Å². The summed E-state index contributed by atoms with van der Waals surface area (Å²) in [6.45, 7) is 5.09. The van der Waals surface area contributed by atoms with E-state index in [1.807, 2.05) is 31.5 Å². The molecule has 0 aromatic carbocycles. The number of hydrogen-bond acceptors (Lipinski definition) is 5. The number of rotatable bonds is 2. The van der Waals surface area contributed by atoms with Crippen molar-refractivity contribution in [1.29, 1.82) is 0 Å². The highest BCUT2D eigenvalue weighted by molar-refractivity contribution is 6.29. The fourth-order valence-electron chi connectivity index (χ4n) is 2.97. The van der Waals surface area contributed by atoms with Gasteiger partial charge >= 0.3 is 0 Å². The minimum absolute atomic E-state index is 0.472. The second-order valence-corrected chi connectivity index (χ2v) is 5.84. The van der Waals surface area contributed by atoms with E-state index in [0.29, 0.717) is 5.15 Å². The quantitative estimate of drug-likeness (QED) is 0.676. The van der Waals surface area contributed by atoms with Gasteiger partial charge in [-0.1, -0.05) is 11.6 Å². The maximum atomic E-state index is 6.04. The average molecular weight is 330 g/mol. The lowest BCUT2D eigenvalue weighted by molar-refractivity contribution is 0.122. The lowest BCUT2D eigenvalue weighted by Gasteiger charge is -2.27. The monoisotopic (exact) mass is 329 g/mol. The first kappa shape index (κ1) is 14.4. The van der Waals surface area contributed by atoms with Crippen molar-refractivity contribution in [3.63, 3.8) is 0 Å². The molecule has 0 amide bonds. The van der Waals surface area contributed by atoms with Crippen LogP contribution in [-0.4, -0.2) is 45.7 Å². The van der Waals surface area contributed by atoms with Crippen LogP contribution in [0.15, 0.2) is 30.7 Å². The van der Waals surface area contributed by atoms with Gasteiger partial charge in [0.25, 0.3) is 0 Å². The van der Waals surface area contributed by atoms with E-state index in [1.165, 1.54) is 0 Å². The van der Waals surface area contributed by atoms with Crippen molar-refractivity contribution in [1.82, 2.24) is 19.4 Å². The summed E-state index contributed by atoms with van der Waals surface area (Å²) in [5.41, 5.74) is 3.81. The van der Waals surface area contributed by atoms with Crippen molar-refractivity contribution in [2.45, 2.75) is 6.92 Å². The number of halogens is 1. The molecule has 0 N–H and O–H groups in total. The Kier molecular flexibility index (Phi) is 3.63. The van der Waals surface area contributed by atoms with Crippen LogP contribution in [0.2, 0.25) is 5.15 Å². The van der Waals surface area contributed by atoms with Gasteiger partial charge in [-0.3, -0.25) is 4.40 Å². The summed E-state index contributed by atoms with van der Waals surface area (Å²) in [7, 11) is 0. The summed E-state index contributed by atoms with van der Waals surface area (Å²) < 4.78 is 7.49. The zero-order chi connectivity index (χ0) is 15.8. The Balaban J connectivity index is 1.89. The molecule has 4 heterocycles. The second-order valence-electron chi connectivity index (χ2n) is 5.46. The number of aromatic nitrogens is 4. The van der Waals surface area contributed by atoms with E-state index in [9.17, 15) is 0 Å². The smallest absolute Gasteiger partial charge is 0.181 e. The third-order valence-corrected chi connectivity index (χ3v) is 4.22. The van der Waals surface area contributed by atoms with Gasteiger partial charge in [0.1, 0.15) is 5.15 Å². The highest BCUT2D eigenvalue weighted by Crippen LogP contribution is 2.29. The van der Waals surface area contributed by atoms with Crippen molar-refractivity contribution >= 4 is 23.1 Å². The highest BCUT2D eigenvalue weighted by atomic mass is 35.5. The van der Waals surface area contributed by atoms with Gasteiger partial charge < -0.3 is 9.64 Å². The molecule has 0 bridgehead atoms. The Morgan fingerprint density at radius 3 is 2.78 bits per heavy atom. The predicted octanol–water partition coefficient (Wildman–Crippen LogP) is 2.59. The van der Waals surface area contributed by atoms with E-state index in [1.54, 1.807) is 6.20 Å². The first-order valence-corrected chi connectivity index (χ1v) is 7.90. The van der Waals surface area contributed by atoms with Crippen LogP contribution in [-0.2, 0) is 4.74 Å². The first-order valence-electron chi connectivity index (χ1n) is 7.52. The van der Waals surface area contributed by atoms with Gasteiger partial charge in [-0.05, 0) is 19.1 Å². The van der Waals surface area contributed by atoms with Crippen LogP contribution in [0.5, 0.6) is 0 Å². The number of aryl methyl sites for hydroxylation is 1. The van der Waals surface area contributed by atoms with Crippen molar-refractivity contribution in [2.24, 2.45) is 0 Å². The number of anilines is 1. The number of morpholine rings is 1. The zero-order valence-electron chi connectivity index (χ0n) is 12.7. The molecule has 118 valence electrons. The Labute approximate surface area is 138 Å². The van der Waals surface area contributed by atoms with Crippen LogP contribution in [0, 0.1) is 6.92 Å². The Morgan fingerprint density at radius 1 is 1.17 bits per heavy atom. The fourth-order valence-corrected chi connectivity index (χ4v) is 3.15. The zero-order valence-corrected chi connectivity index (χ0v) is 13.5. The van der Waals surface area contributed by atoms with Gasteiger partial charge in [-0.2, -0.15) is 0 Å². The molecule has 0 radical (unpaired) electrons. The Bertz CT molecular complexity index is 857. The molecule has 6 nitrogen and oxygen atoms in total. The van der Waals surface area contributed by atoms with Gasteiger partial charge in [0.2, 0.25) is 0 Å². The molecule has 1 fully saturated rings. The molecule has 7 heteroatoms. The summed E-state index contributed by atoms with van der Waals surface area (Å²) in [6, 6.07) is 3.80. The molecule has 0 spiro atoms. The van der Waals surface area contributed by atoms with Gasteiger partial charge in [0.05, 0.1) is 24.6 Å². The van der Waals surface area contributed by atoms with E-state index in [0.717, 1.165) is 54.7 Å². The van der Waals surface area contributed by atoms with E-state index in [4.69, 9.17) is 21.3 Å². The number of pyridine rings is 1. The average Bonchev–Trinajstić information content (AvgIpc) is 2.91. The largest absolute Gasteiger partial charge is 0.378 e. The molecule has 1 saturated heterocycles. The summed E-state index contributed by atoms with van der Waals surface area (Å²) in [5.74, 6) is 0.894. The third kappa shape index (κ3) is 2.54. The number of imidazole rings is 1. The minimum atomic E-state index is 0.472. The first-order chi connectivity index (χ1) is 11.2. The van der Waals surface area contributed by atoms with Crippen LogP contribution < -0.4 is 4.90 Å². The van der Waals surface area contributed by atoms with Crippen molar-refractivity contribution < 1.29 is 4.74 Å². The predicted molar refractivity (Wildman–Crippen MR) is 89.0 cm³/mol. The van der Waals surface area contributed by atoms with Crippen molar-refractivity contribution in [2.75, 3.05) is 31.2 Å². The lowest BCUT2D eigenvalue weighted by atomic mass is 10.1. The summed E-state index contributed by atoms with van der Waals surface area (Å²) in [6.07, 6.45) is 5.45. The molecule has 1 aliphatic heterocycles. The number of nitrogens with zero attached hydrogens (tertiary/aromatic N) is 5. The lowest BCUT2D eigenvalue weighted by Crippen LogP contribution is -2.37. The van der Waals surface area contributed by atoms with E-state index < -0.39 is 0 Å². The van der Waals surface area contributed by atoms with Gasteiger partial charge in [-0.25, -0.2) is 15.0 Å². The molecular weight excluding hydrogens is 314 g/mol. The molecule has 1 aliphatic rings. The molecule has 4 rings (SSSR count). The molecule has 3 aromatic heterocycles. The number of hydrogen-bond donors (Lipinski definition) is 0. The Hall–Kier alpha value is -2.18. The van der Waals surface area contributed by atoms with Crippen LogP contribution >= 0.6 is 11.6 Å². The fraction of sp³-hybridized carbons (Fsp3) is 0.312. The number of ether oxygens (including phenoxy) is 1. The molecule has 3 aromatic rings. The highest BCUT2D eigenvalue weighted by Gasteiger charge is 2.20. The molecule has 0 unspecified atom stereocenters. The number of fused-ring (bicyclic) bond motifs is 1. The van der Waals surface area contributed by atoms with Gasteiger partial charge in [0.15, 0.2) is 11.5 Å². The van der Waals surface area contributed by atoms with Crippen LogP contribution in [0.1, 0.15) is 5.69 Å². The second kappa shape index (κ2) is 5.79. The molecular formula is C16H16ClN5O. The summed E-state index contributed by atoms with van der Waals surface area (Å²) >= 11 is 6.04. The normalized spacial score (nSPS) is 15.3. The molecule has 0 saturated carbocycles. The Morgan fingerprint density at radius 2 is 2.00 bits per heavy atom. The van der Waals surface area contributed by atoms with E-state index >= 15 is 0 Å². The summed E-state index contributed by atoms with van der Waals surface area (Å²) in [5, 5.41) is 0.472. The van der Waals surface area contributed by atoms with Crippen LogP contribution in [0.3, 0.4) is 0 Å². The minimum Gasteiger partial charge on any atom is -0.378 e. The van der Waals surface area contributed by atoms with Crippen LogP contribution in [0.4, 0.5) is 5.82 Å². The maximum absolute atomic E-state index is 6.04. The van der Waals surface area contributed by atoms with Gasteiger partial charge in [0, 0.05) is 37.2 Å². The van der Waals surface area contributed by atoms with Crippen molar-refractivity contribution in [3.05, 3.63) is 41.6 Å². The SMILES string of the molecule is Cc1nc2c(N3CCOCC3)nccn2c1-c1ccnc(Cl)c1. The maximum Gasteiger partial charge on any atom is 0.181 e. The molecule has 23 heavy (non-hydrogen) atoms. The summed E-state index contributed by atoms with van der Waals surface area (Å²) in [4.78, 5) is 15.6. The van der Waals surface area contributed by atoms with E-state index in [-0.39, 0.29) is 0 Å². The topological polar surface area (TPSA) is 55.5 Å². The molecule has 0 aliphatic carbocycles.